The number of nitrogens with zero attached hydrogens (tertiary/aromatic N) is 1. The predicted octanol–water partition coefficient (Wildman–Crippen LogP) is 7.86. The van der Waals surface area contributed by atoms with E-state index in [1.54, 1.807) is 26.8 Å². The Morgan fingerprint density at radius 3 is 2.29 bits per heavy atom. The van der Waals surface area contributed by atoms with E-state index in [0.29, 0.717) is 5.69 Å². The van der Waals surface area contributed by atoms with Crippen LogP contribution in [-0.4, -0.2) is 33.5 Å². The number of hydrogen-bond acceptors (Lipinski definition) is 3. The number of halogens is 1. The summed E-state index contributed by atoms with van der Waals surface area (Å²) in [6.07, 6.45) is -0.346. The molecule has 2 unspecified atom stereocenters. The third-order valence-corrected chi connectivity index (χ3v) is 7.46. The van der Waals surface area contributed by atoms with Crippen LogP contribution in [-0.2, 0) is 16.0 Å². The molecule has 6 nitrogen and oxygen atoms in total. The van der Waals surface area contributed by atoms with Crippen molar-refractivity contribution in [1.82, 2.24) is 9.88 Å². The number of amides is 2. The summed E-state index contributed by atoms with van der Waals surface area (Å²) in [5.41, 5.74) is 5.19. The van der Waals surface area contributed by atoms with Gasteiger partial charge >= 0.3 is 6.09 Å². The van der Waals surface area contributed by atoms with Crippen LogP contribution >= 0.6 is 0 Å². The molecule has 0 spiro atoms. The highest BCUT2D eigenvalue weighted by Crippen LogP contribution is 2.42. The quantitative estimate of drug-likeness (QED) is 0.235. The number of nitrogens with one attached hydrogen (secondary N) is 2. The van der Waals surface area contributed by atoms with E-state index in [-0.39, 0.29) is 6.42 Å². The Hall–Kier alpha value is -4.91. The largest absolute Gasteiger partial charge is 0.444 e. The Morgan fingerprint density at radius 1 is 0.881 bits per heavy atom. The first-order valence-corrected chi connectivity index (χ1v) is 14.0. The van der Waals surface area contributed by atoms with Crippen LogP contribution < -0.4 is 5.32 Å². The standard InChI is InChI=1S/C35H32FN3O3/c1-35(2,3)42-34(41)39-30(33(40)37-26-13-9-12-25(36)20-26)21-28-27-14-7-8-15-29(27)38-31(28)32(39)24-18-16-23(17-19-24)22-10-5-4-6-11-22/h4-20,30,32,38H,21H2,1-3H3,(H,37,40). The van der Waals surface area contributed by atoms with Crippen LogP contribution in [0.3, 0.4) is 0 Å². The molecular formula is C35H32FN3O3. The zero-order chi connectivity index (χ0) is 29.4. The van der Waals surface area contributed by atoms with Gasteiger partial charge in [0.05, 0.1) is 0 Å². The molecular weight excluding hydrogens is 529 g/mol. The van der Waals surface area contributed by atoms with Gasteiger partial charge < -0.3 is 15.0 Å². The maximum Gasteiger partial charge on any atom is 0.411 e. The van der Waals surface area contributed by atoms with Crippen LogP contribution in [0, 0.1) is 5.82 Å². The molecule has 1 aromatic heterocycles. The van der Waals surface area contributed by atoms with Gasteiger partial charge in [0.25, 0.3) is 0 Å². The van der Waals surface area contributed by atoms with Crippen LogP contribution in [0.4, 0.5) is 14.9 Å². The Balaban J connectivity index is 1.49. The Bertz CT molecular complexity index is 1760. The molecule has 7 heteroatoms. The fourth-order valence-electron chi connectivity index (χ4n) is 5.66. The van der Waals surface area contributed by atoms with Crippen molar-refractivity contribution in [3.05, 3.63) is 126 Å². The second kappa shape index (κ2) is 10.8. The molecule has 0 saturated carbocycles. The highest BCUT2D eigenvalue weighted by atomic mass is 19.1. The smallest absolute Gasteiger partial charge is 0.411 e. The number of benzene rings is 4. The number of aromatic amines is 1. The zero-order valence-electron chi connectivity index (χ0n) is 23.7. The average Bonchev–Trinajstić information content (AvgIpc) is 3.34. The molecule has 2 N–H and O–H groups in total. The summed E-state index contributed by atoms with van der Waals surface area (Å²) in [6.45, 7) is 5.40. The molecule has 2 amide bonds. The zero-order valence-corrected chi connectivity index (χ0v) is 23.7. The van der Waals surface area contributed by atoms with E-state index in [9.17, 15) is 14.0 Å². The van der Waals surface area contributed by atoms with E-state index in [1.165, 1.54) is 23.1 Å². The number of hydrogen-bond donors (Lipinski definition) is 2. The van der Waals surface area contributed by atoms with Gasteiger partial charge in [0.15, 0.2) is 0 Å². The van der Waals surface area contributed by atoms with E-state index < -0.39 is 35.5 Å². The molecule has 42 heavy (non-hydrogen) atoms. The first kappa shape index (κ1) is 27.3. The molecule has 0 bridgehead atoms. The third kappa shape index (κ3) is 5.38. The minimum absolute atomic E-state index is 0.262. The molecule has 2 atom stereocenters. The van der Waals surface area contributed by atoms with Crippen LogP contribution in [0.5, 0.6) is 0 Å². The molecule has 6 rings (SSSR count). The molecule has 0 fully saturated rings. The third-order valence-electron chi connectivity index (χ3n) is 7.46. The normalized spacial score (nSPS) is 16.6. The molecule has 0 aliphatic carbocycles. The lowest BCUT2D eigenvalue weighted by Crippen LogP contribution is -2.54. The lowest BCUT2D eigenvalue weighted by atomic mass is 9.87. The molecule has 1 aliphatic rings. The van der Waals surface area contributed by atoms with E-state index >= 15 is 0 Å². The predicted molar refractivity (Wildman–Crippen MR) is 163 cm³/mol. The lowest BCUT2D eigenvalue weighted by molar-refractivity contribution is -0.122. The fraction of sp³-hybridized carbons (Fsp3) is 0.200. The van der Waals surface area contributed by atoms with Crippen molar-refractivity contribution in [2.75, 3.05) is 5.32 Å². The fourth-order valence-corrected chi connectivity index (χ4v) is 5.66. The lowest BCUT2D eigenvalue weighted by Gasteiger charge is -2.41. The first-order valence-electron chi connectivity index (χ1n) is 14.0. The highest BCUT2D eigenvalue weighted by molar-refractivity contribution is 5.98. The van der Waals surface area contributed by atoms with E-state index in [4.69, 9.17) is 4.74 Å². The number of para-hydroxylation sites is 1. The number of carbonyl (C=O) groups excluding carboxylic acids is 2. The van der Waals surface area contributed by atoms with Crippen molar-refractivity contribution in [2.24, 2.45) is 0 Å². The number of ether oxygens (including phenoxy) is 1. The van der Waals surface area contributed by atoms with Gasteiger partial charge in [0.2, 0.25) is 5.91 Å². The van der Waals surface area contributed by atoms with Crippen molar-refractivity contribution in [1.29, 1.82) is 0 Å². The highest BCUT2D eigenvalue weighted by Gasteiger charge is 2.45. The van der Waals surface area contributed by atoms with Crippen LogP contribution in [0.2, 0.25) is 0 Å². The van der Waals surface area contributed by atoms with Gasteiger partial charge in [0, 0.05) is 28.7 Å². The van der Waals surface area contributed by atoms with E-state index in [1.807, 2.05) is 78.9 Å². The number of carbonyl (C=O) groups is 2. The van der Waals surface area contributed by atoms with Gasteiger partial charge in [-0.05, 0) is 67.3 Å². The number of aromatic nitrogens is 1. The van der Waals surface area contributed by atoms with Crippen molar-refractivity contribution < 1.29 is 18.7 Å². The Kier molecular flexibility index (Phi) is 7.02. The van der Waals surface area contributed by atoms with Crippen molar-refractivity contribution in [2.45, 2.75) is 44.9 Å². The first-order chi connectivity index (χ1) is 20.2. The van der Waals surface area contributed by atoms with Gasteiger partial charge in [-0.15, -0.1) is 0 Å². The molecule has 4 aromatic carbocycles. The summed E-state index contributed by atoms with van der Waals surface area (Å²) in [4.78, 5) is 33.0. The molecule has 1 aliphatic heterocycles. The maximum atomic E-state index is 14.0. The van der Waals surface area contributed by atoms with Crippen LogP contribution in [0.25, 0.3) is 22.0 Å². The van der Waals surface area contributed by atoms with Crippen molar-refractivity contribution >= 4 is 28.6 Å². The minimum Gasteiger partial charge on any atom is -0.444 e. The molecule has 2 heterocycles. The van der Waals surface area contributed by atoms with Gasteiger partial charge in [-0.3, -0.25) is 9.69 Å². The summed E-state index contributed by atoms with van der Waals surface area (Å²) >= 11 is 0. The topological polar surface area (TPSA) is 74.4 Å². The van der Waals surface area contributed by atoms with E-state index in [2.05, 4.69) is 10.3 Å². The van der Waals surface area contributed by atoms with Gasteiger partial charge in [-0.25, -0.2) is 9.18 Å². The summed E-state index contributed by atoms with van der Waals surface area (Å²) in [5.74, 6) is -0.885. The number of fused-ring (bicyclic) bond motifs is 3. The second-order valence-corrected chi connectivity index (χ2v) is 11.6. The molecule has 0 saturated heterocycles. The summed E-state index contributed by atoms with van der Waals surface area (Å²) in [5, 5.41) is 3.83. The van der Waals surface area contributed by atoms with Crippen LogP contribution in [0.15, 0.2) is 103 Å². The number of anilines is 1. The molecule has 0 radical (unpaired) electrons. The summed E-state index contributed by atoms with van der Waals surface area (Å²) in [7, 11) is 0. The SMILES string of the molecule is CC(C)(C)OC(=O)N1C(C(=O)Nc2cccc(F)c2)Cc2c([nH]c3ccccc23)C1c1ccc(-c2ccccc2)cc1. The Labute approximate surface area is 244 Å². The summed E-state index contributed by atoms with van der Waals surface area (Å²) in [6, 6.07) is 30.2. The van der Waals surface area contributed by atoms with Gasteiger partial charge in [-0.1, -0.05) is 78.9 Å². The number of H-pyrrole nitrogens is 1. The second-order valence-electron chi connectivity index (χ2n) is 11.6. The maximum absolute atomic E-state index is 14.0. The van der Waals surface area contributed by atoms with Gasteiger partial charge in [-0.2, -0.15) is 0 Å². The summed E-state index contributed by atoms with van der Waals surface area (Å²) < 4.78 is 19.9. The Morgan fingerprint density at radius 2 is 1.57 bits per heavy atom. The molecule has 5 aromatic rings. The van der Waals surface area contributed by atoms with Crippen LogP contribution in [0.1, 0.15) is 43.6 Å². The monoisotopic (exact) mass is 561 g/mol. The number of rotatable bonds is 4. The molecule has 212 valence electrons. The van der Waals surface area contributed by atoms with Crippen molar-refractivity contribution in [3.8, 4) is 11.1 Å². The van der Waals surface area contributed by atoms with E-state index in [0.717, 1.165) is 38.9 Å². The minimum atomic E-state index is -0.923. The van der Waals surface area contributed by atoms with Gasteiger partial charge in [0.1, 0.15) is 23.5 Å². The average molecular weight is 562 g/mol. The van der Waals surface area contributed by atoms with Crippen molar-refractivity contribution in [3.63, 3.8) is 0 Å².